The number of carboxylic acid groups (broad SMARTS) is 1. The molecule has 0 saturated heterocycles. The van der Waals surface area contributed by atoms with Crippen molar-refractivity contribution in [3.63, 3.8) is 0 Å². The molecule has 0 radical (unpaired) electrons. The highest BCUT2D eigenvalue weighted by Crippen LogP contribution is 2.16. The molecule has 0 atom stereocenters. The number of aromatic carboxylic acids is 1. The van der Waals surface area contributed by atoms with E-state index in [9.17, 15) is 4.79 Å². The fourth-order valence-electron chi connectivity index (χ4n) is 1.25. The minimum absolute atomic E-state index is 0.0632. The van der Waals surface area contributed by atoms with Crippen molar-refractivity contribution in [2.75, 3.05) is 0 Å². The summed E-state index contributed by atoms with van der Waals surface area (Å²) in [6, 6.07) is 3.31. The van der Waals surface area contributed by atoms with Crippen molar-refractivity contribution in [3.05, 3.63) is 23.5 Å². The Labute approximate surface area is 85.5 Å². The molecule has 0 unspecified atom stereocenters. The minimum Gasteiger partial charge on any atom is -0.477 e. The van der Waals surface area contributed by atoms with Gasteiger partial charge in [-0.1, -0.05) is 0 Å². The van der Waals surface area contributed by atoms with Crippen molar-refractivity contribution >= 4 is 5.97 Å². The molecule has 2 aromatic heterocycles. The lowest BCUT2D eigenvalue weighted by Gasteiger charge is -1.88. The predicted octanol–water partition coefficient (Wildman–Crippen LogP) is 0.817. The number of carbonyl (C=O) groups is 1. The molecule has 0 aliphatic rings. The standard InChI is InChI=1S/C9H10N4O2/c1-5-3-7(12-13(5)2)6-4-8(9(14)15)11-10-6/h3-4H,1-2H3,(H,10,11)(H,14,15). The Bertz CT molecular complexity index is 492. The predicted molar refractivity (Wildman–Crippen MR) is 52.5 cm³/mol. The van der Waals surface area contributed by atoms with Gasteiger partial charge in [0.25, 0.3) is 0 Å². The molecule has 0 spiro atoms. The molecule has 0 aliphatic heterocycles. The molecule has 2 aromatic rings. The zero-order valence-electron chi connectivity index (χ0n) is 8.35. The summed E-state index contributed by atoms with van der Waals surface area (Å²) in [5.41, 5.74) is 2.26. The van der Waals surface area contributed by atoms with Crippen LogP contribution in [0.3, 0.4) is 0 Å². The minimum atomic E-state index is -1.03. The molecule has 0 aliphatic carbocycles. The summed E-state index contributed by atoms with van der Waals surface area (Å²) in [4.78, 5) is 10.6. The molecule has 0 aromatic carbocycles. The van der Waals surface area contributed by atoms with Gasteiger partial charge in [-0.2, -0.15) is 10.2 Å². The summed E-state index contributed by atoms with van der Waals surface area (Å²) in [5, 5.41) is 19.2. The van der Waals surface area contributed by atoms with E-state index < -0.39 is 5.97 Å². The van der Waals surface area contributed by atoms with Gasteiger partial charge >= 0.3 is 5.97 Å². The van der Waals surface area contributed by atoms with Crippen LogP contribution in [0.5, 0.6) is 0 Å². The first-order valence-electron chi connectivity index (χ1n) is 4.37. The fraction of sp³-hybridized carbons (Fsp3) is 0.222. The smallest absolute Gasteiger partial charge is 0.353 e. The Morgan fingerprint density at radius 1 is 1.47 bits per heavy atom. The number of hydrogen-bond acceptors (Lipinski definition) is 3. The lowest BCUT2D eigenvalue weighted by Crippen LogP contribution is -1.95. The van der Waals surface area contributed by atoms with Crippen LogP contribution in [0, 0.1) is 6.92 Å². The quantitative estimate of drug-likeness (QED) is 0.761. The van der Waals surface area contributed by atoms with Gasteiger partial charge in [0, 0.05) is 18.8 Å². The van der Waals surface area contributed by atoms with E-state index in [0.29, 0.717) is 11.4 Å². The van der Waals surface area contributed by atoms with E-state index >= 15 is 0 Å². The summed E-state index contributed by atoms with van der Waals surface area (Å²) in [5.74, 6) is -1.03. The zero-order valence-corrected chi connectivity index (χ0v) is 8.35. The van der Waals surface area contributed by atoms with Crippen LogP contribution in [0.4, 0.5) is 0 Å². The van der Waals surface area contributed by atoms with Gasteiger partial charge in [-0.3, -0.25) is 9.78 Å². The summed E-state index contributed by atoms with van der Waals surface area (Å²) >= 11 is 0. The van der Waals surface area contributed by atoms with Gasteiger partial charge in [0.15, 0.2) is 0 Å². The molecular formula is C9H10N4O2. The summed E-state index contributed by atoms with van der Waals surface area (Å²) in [7, 11) is 1.82. The van der Waals surface area contributed by atoms with Crippen LogP contribution in [0.2, 0.25) is 0 Å². The number of rotatable bonds is 2. The molecule has 2 heterocycles. The number of aryl methyl sites for hydroxylation is 2. The SMILES string of the molecule is Cc1cc(-c2cc(C(=O)O)[nH]n2)nn1C. The Kier molecular flexibility index (Phi) is 2.03. The summed E-state index contributed by atoms with van der Waals surface area (Å²) in [6.45, 7) is 1.92. The molecule has 0 saturated carbocycles. The maximum Gasteiger partial charge on any atom is 0.353 e. The third kappa shape index (κ3) is 1.61. The third-order valence-electron chi connectivity index (χ3n) is 2.18. The molecule has 6 nitrogen and oxygen atoms in total. The van der Waals surface area contributed by atoms with Gasteiger partial charge in [0.2, 0.25) is 0 Å². The molecule has 0 fully saturated rings. The molecule has 6 heteroatoms. The Morgan fingerprint density at radius 2 is 2.20 bits per heavy atom. The summed E-state index contributed by atoms with van der Waals surface area (Å²) in [6.07, 6.45) is 0. The number of aromatic nitrogens is 4. The van der Waals surface area contributed by atoms with Gasteiger partial charge < -0.3 is 5.11 Å². The van der Waals surface area contributed by atoms with Crippen LogP contribution in [0.1, 0.15) is 16.2 Å². The van der Waals surface area contributed by atoms with Crippen LogP contribution in [0.15, 0.2) is 12.1 Å². The van der Waals surface area contributed by atoms with Crippen LogP contribution in [-0.4, -0.2) is 31.1 Å². The number of H-pyrrole nitrogens is 1. The lowest BCUT2D eigenvalue weighted by atomic mass is 10.2. The van der Waals surface area contributed by atoms with Gasteiger partial charge in [-0.15, -0.1) is 0 Å². The van der Waals surface area contributed by atoms with Crippen LogP contribution < -0.4 is 0 Å². The van der Waals surface area contributed by atoms with E-state index in [1.165, 1.54) is 6.07 Å². The largest absolute Gasteiger partial charge is 0.477 e. The van der Waals surface area contributed by atoms with E-state index in [2.05, 4.69) is 15.3 Å². The second-order valence-electron chi connectivity index (χ2n) is 3.27. The first-order valence-corrected chi connectivity index (χ1v) is 4.37. The second-order valence-corrected chi connectivity index (χ2v) is 3.27. The third-order valence-corrected chi connectivity index (χ3v) is 2.18. The van der Waals surface area contributed by atoms with Crippen LogP contribution in [0.25, 0.3) is 11.4 Å². The molecular weight excluding hydrogens is 196 g/mol. The molecule has 0 amide bonds. The van der Waals surface area contributed by atoms with E-state index in [4.69, 9.17) is 5.11 Å². The number of aromatic amines is 1. The first-order chi connectivity index (χ1) is 7.08. The maximum atomic E-state index is 10.6. The monoisotopic (exact) mass is 206 g/mol. The van der Waals surface area contributed by atoms with E-state index in [1.807, 2.05) is 20.0 Å². The zero-order chi connectivity index (χ0) is 11.0. The van der Waals surface area contributed by atoms with E-state index in [1.54, 1.807) is 4.68 Å². The topological polar surface area (TPSA) is 83.8 Å². The maximum absolute atomic E-state index is 10.6. The van der Waals surface area contributed by atoms with Gasteiger partial charge in [-0.05, 0) is 13.0 Å². The van der Waals surface area contributed by atoms with Gasteiger partial charge in [-0.25, -0.2) is 4.79 Å². The van der Waals surface area contributed by atoms with Crippen molar-refractivity contribution in [2.24, 2.45) is 7.05 Å². The van der Waals surface area contributed by atoms with Crippen molar-refractivity contribution in [1.82, 2.24) is 20.0 Å². The van der Waals surface area contributed by atoms with Gasteiger partial charge in [0.1, 0.15) is 17.1 Å². The van der Waals surface area contributed by atoms with E-state index in [-0.39, 0.29) is 5.69 Å². The number of nitrogens with zero attached hydrogens (tertiary/aromatic N) is 3. The van der Waals surface area contributed by atoms with Crippen molar-refractivity contribution in [2.45, 2.75) is 6.92 Å². The number of hydrogen-bond donors (Lipinski definition) is 2. The second kappa shape index (κ2) is 3.23. The van der Waals surface area contributed by atoms with Crippen molar-refractivity contribution in [3.8, 4) is 11.4 Å². The fourth-order valence-corrected chi connectivity index (χ4v) is 1.25. The molecule has 15 heavy (non-hydrogen) atoms. The summed E-state index contributed by atoms with van der Waals surface area (Å²) < 4.78 is 1.71. The molecule has 2 rings (SSSR count). The average Bonchev–Trinajstić information content (AvgIpc) is 2.74. The Hall–Kier alpha value is -2.11. The first kappa shape index (κ1) is 9.45. The van der Waals surface area contributed by atoms with E-state index in [0.717, 1.165) is 5.69 Å². The highest BCUT2D eigenvalue weighted by atomic mass is 16.4. The van der Waals surface area contributed by atoms with Crippen molar-refractivity contribution < 1.29 is 9.90 Å². The molecule has 78 valence electrons. The normalized spacial score (nSPS) is 10.5. The average molecular weight is 206 g/mol. The van der Waals surface area contributed by atoms with Crippen LogP contribution in [-0.2, 0) is 7.05 Å². The Balaban J connectivity index is 2.41. The van der Waals surface area contributed by atoms with Crippen molar-refractivity contribution in [1.29, 1.82) is 0 Å². The van der Waals surface area contributed by atoms with Gasteiger partial charge in [0.05, 0.1) is 0 Å². The van der Waals surface area contributed by atoms with Crippen LogP contribution >= 0.6 is 0 Å². The highest BCUT2D eigenvalue weighted by Gasteiger charge is 2.11. The highest BCUT2D eigenvalue weighted by molar-refractivity contribution is 5.86. The molecule has 0 bridgehead atoms. The lowest BCUT2D eigenvalue weighted by molar-refractivity contribution is 0.0690. The Morgan fingerprint density at radius 3 is 2.67 bits per heavy atom. The number of nitrogens with one attached hydrogen (secondary N) is 1. The number of carboxylic acids is 1. The molecule has 2 N–H and O–H groups in total.